The van der Waals surface area contributed by atoms with E-state index in [2.05, 4.69) is 69.8 Å². The van der Waals surface area contributed by atoms with Crippen molar-refractivity contribution in [3.63, 3.8) is 0 Å². The van der Waals surface area contributed by atoms with E-state index in [4.69, 9.17) is 9.97 Å². The quantitative estimate of drug-likeness (QED) is 0.252. The van der Waals surface area contributed by atoms with Crippen LogP contribution in [0.2, 0.25) is 0 Å². The van der Waals surface area contributed by atoms with Crippen LogP contribution in [0.3, 0.4) is 0 Å². The van der Waals surface area contributed by atoms with Gasteiger partial charge in [0.2, 0.25) is 0 Å². The SMILES string of the molecule is c1ccc2c(c1)c1c(n2-c2cncc(-c3cncc(-n4c5c(c6ccccc64)CCCC5)c3)c2)CCCC1. The summed E-state index contributed by atoms with van der Waals surface area (Å²) in [5.74, 6) is 0. The normalized spacial score (nSPS) is 15.1. The van der Waals surface area contributed by atoms with Crippen LogP contribution in [0.1, 0.15) is 48.2 Å². The van der Waals surface area contributed by atoms with E-state index < -0.39 is 0 Å². The minimum atomic E-state index is 1.10. The molecule has 4 heterocycles. The molecular weight excluding hydrogens is 464 g/mol. The van der Waals surface area contributed by atoms with Crippen LogP contribution in [0.25, 0.3) is 44.3 Å². The third-order valence-electron chi connectivity index (χ3n) is 8.65. The highest BCUT2D eigenvalue weighted by Crippen LogP contribution is 2.37. The Morgan fingerprint density at radius 3 is 1.45 bits per heavy atom. The number of rotatable bonds is 3. The zero-order valence-electron chi connectivity index (χ0n) is 21.5. The van der Waals surface area contributed by atoms with E-state index in [-0.39, 0.29) is 0 Å². The maximum Gasteiger partial charge on any atom is 0.0648 e. The first-order valence-electron chi connectivity index (χ1n) is 14.0. The van der Waals surface area contributed by atoms with Gasteiger partial charge in [-0.25, -0.2) is 0 Å². The van der Waals surface area contributed by atoms with Gasteiger partial charge in [0.25, 0.3) is 0 Å². The Morgan fingerprint density at radius 1 is 0.500 bits per heavy atom. The smallest absolute Gasteiger partial charge is 0.0648 e. The average molecular weight is 495 g/mol. The second-order valence-corrected chi connectivity index (χ2v) is 10.8. The number of pyridine rings is 2. The summed E-state index contributed by atoms with van der Waals surface area (Å²) in [6.45, 7) is 0. The van der Waals surface area contributed by atoms with Gasteiger partial charge in [0.1, 0.15) is 0 Å². The number of fused-ring (bicyclic) bond motifs is 6. The summed E-state index contributed by atoms with van der Waals surface area (Å²) in [4.78, 5) is 9.46. The van der Waals surface area contributed by atoms with Gasteiger partial charge in [-0.05, 0) is 86.8 Å². The number of nitrogens with zero attached hydrogens (tertiary/aromatic N) is 4. The summed E-state index contributed by atoms with van der Waals surface area (Å²) in [6.07, 6.45) is 17.6. The van der Waals surface area contributed by atoms with Crippen LogP contribution in [0, 0.1) is 0 Å². The molecule has 4 nitrogen and oxygen atoms in total. The molecule has 4 aromatic heterocycles. The van der Waals surface area contributed by atoms with Gasteiger partial charge in [0, 0.05) is 45.7 Å². The number of aromatic nitrogens is 4. The van der Waals surface area contributed by atoms with Gasteiger partial charge in [0.15, 0.2) is 0 Å². The molecule has 0 saturated carbocycles. The van der Waals surface area contributed by atoms with Gasteiger partial charge in [-0.3, -0.25) is 9.97 Å². The Morgan fingerprint density at radius 2 is 0.947 bits per heavy atom. The lowest BCUT2D eigenvalue weighted by Gasteiger charge is -2.17. The van der Waals surface area contributed by atoms with E-state index >= 15 is 0 Å². The van der Waals surface area contributed by atoms with Crippen LogP contribution >= 0.6 is 0 Å². The van der Waals surface area contributed by atoms with Crippen molar-refractivity contribution >= 4 is 21.8 Å². The molecule has 0 spiro atoms. The molecule has 2 aliphatic rings. The van der Waals surface area contributed by atoms with Crippen molar-refractivity contribution in [2.75, 3.05) is 0 Å². The third-order valence-corrected chi connectivity index (χ3v) is 8.65. The second kappa shape index (κ2) is 8.70. The molecule has 0 atom stereocenters. The number of para-hydroxylation sites is 2. The Balaban J connectivity index is 1.27. The number of benzene rings is 2. The molecule has 8 rings (SSSR count). The lowest BCUT2D eigenvalue weighted by Crippen LogP contribution is -2.07. The van der Waals surface area contributed by atoms with Crippen molar-refractivity contribution in [1.29, 1.82) is 0 Å². The fraction of sp³-hybridized carbons (Fsp3) is 0.235. The summed E-state index contributed by atoms with van der Waals surface area (Å²) >= 11 is 0. The lowest BCUT2D eigenvalue weighted by molar-refractivity contribution is 0.666. The van der Waals surface area contributed by atoms with E-state index in [1.54, 1.807) is 0 Å². The maximum absolute atomic E-state index is 4.73. The zero-order chi connectivity index (χ0) is 25.1. The fourth-order valence-corrected chi connectivity index (χ4v) is 7.00. The van der Waals surface area contributed by atoms with Crippen LogP contribution in [0.4, 0.5) is 0 Å². The van der Waals surface area contributed by atoms with Crippen LogP contribution in [-0.2, 0) is 25.7 Å². The molecule has 38 heavy (non-hydrogen) atoms. The molecule has 186 valence electrons. The minimum Gasteiger partial charge on any atom is -0.312 e. The van der Waals surface area contributed by atoms with Gasteiger partial charge >= 0.3 is 0 Å². The van der Waals surface area contributed by atoms with Gasteiger partial charge in [-0.1, -0.05) is 36.4 Å². The first-order valence-corrected chi connectivity index (χ1v) is 14.0. The minimum absolute atomic E-state index is 1.10. The average Bonchev–Trinajstić information content (AvgIpc) is 3.51. The van der Waals surface area contributed by atoms with E-state index in [0.717, 1.165) is 48.2 Å². The molecule has 0 bridgehead atoms. The molecule has 2 aliphatic carbocycles. The number of aryl methyl sites for hydroxylation is 2. The Kier molecular flexibility index (Phi) is 5.00. The molecule has 4 heteroatoms. The molecule has 0 unspecified atom stereocenters. The molecule has 0 amide bonds. The molecule has 6 aromatic rings. The van der Waals surface area contributed by atoms with Crippen LogP contribution in [0.5, 0.6) is 0 Å². The largest absolute Gasteiger partial charge is 0.312 e. The standard InChI is InChI=1S/C34H30N4/c1-5-13-31-27(9-1)28-10-2-6-14-32(28)37(31)25-17-23(19-35-21-25)24-18-26(22-36-20-24)38-33-15-7-3-11-29(33)30-12-4-8-16-34(30)38/h1,3,5,7,9,11,13,15,17-22H,2,4,6,8,10,12,14,16H2. The summed E-state index contributed by atoms with van der Waals surface area (Å²) < 4.78 is 4.90. The highest BCUT2D eigenvalue weighted by Gasteiger charge is 2.22. The Bertz CT molecular complexity index is 1700. The maximum atomic E-state index is 4.73. The third kappa shape index (κ3) is 3.29. The zero-order valence-corrected chi connectivity index (χ0v) is 21.5. The second-order valence-electron chi connectivity index (χ2n) is 10.8. The number of hydrogen-bond acceptors (Lipinski definition) is 2. The van der Waals surface area contributed by atoms with Crippen molar-refractivity contribution < 1.29 is 0 Å². The van der Waals surface area contributed by atoms with E-state index in [0.29, 0.717) is 0 Å². The van der Waals surface area contributed by atoms with Gasteiger partial charge in [0.05, 0.1) is 34.8 Å². The van der Waals surface area contributed by atoms with Crippen molar-refractivity contribution in [1.82, 2.24) is 19.1 Å². The monoisotopic (exact) mass is 494 g/mol. The van der Waals surface area contributed by atoms with Crippen molar-refractivity contribution in [3.05, 3.63) is 108 Å². The molecule has 0 radical (unpaired) electrons. The highest BCUT2D eigenvalue weighted by molar-refractivity contribution is 5.89. The molecule has 0 aliphatic heterocycles. The van der Waals surface area contributed by atoms with E-state index in [9.17, 15) is 0 Å². The summed E-state index contributed by atoms with van der Waals surface area (Å²) in [6, 6.07) is 22.3. The van der Waals surface area contributed by atoms with Gasteiger partial charge in [-0.2, -0.15) is 0 Å². The first-order chi connectivity index (χ1) is 18.9. The van der Waals surface area contributed by atoms with Crippen LogP contribution in [-0.4, -0.2) is 19.1 Å². The molecule has 0 fully saturated rings. The molecule has 2 aromatic carbocycles. The van der Waals surface area contributed by atoms with Gasteiger partial charge < -0.3 is 9.13 Å². The molecule has 0 N–H and O–H groups in total. The summed E-state index contributed by atoms with van der Waals surface area (Å²) in [5, 5.41) is 2.78. The Labute approximate surface area is 222 Å². The predicted molar refractivity (Wildman–Crippen MR) is 154 cm³/mol. The molecular formula is C34H30N4. The summed E-state index contributed by atoms with van der Waals surface area (Å²) in [5.41, 5.74) is 13.0. The highest BCUT2D eigenvalue weighted by atomic mass is 15.0. The number of hydrogen-bond donors (Lipinski definition) is 0. The van der Waals surface area contributed by atoms with Gasteiger partial charge in [-0.15, -0.1) is 0 Å². The lowest BCUT2D eigenvalue weighted by atomic mass is 9.95. The summed E-state index contributed by atoms with van der Waals surface area (Å²) in [7, 11) is 0. The van der Waals surface area contributed by atoms with Crippen molar-refractivity contribution in [2.45, 2.75) is 51.4 Å². The van der Waals surface area contributed by atoms with Crippen molar-refractivity contribution in [2.24, 2.45) is 0 Å². The predicted octanol–water partition coefficient (Wildman–Crippen LogP) is 7.79. The Hall–Kier alpha value is -4.18. The van der Waals surface area contributed by atoms with E-state index in [1.165, 1.54) is 70.0 Å². The van der Waals surface area contributed by atoms with E-state index in [1.807, 2.05) is 24.8 Å². The van der Waals surface area contributed by atoms with Crippen molar-refractivity contribution in [3.8, 4) is 22.5 Å². The fourth-order valence-electron chi connectivity index (χ4n) is 7.00. The first kappa shape index (κ1) is 21.9. The van der Waals surface area contributed by atoms with Crippen LogP contribution < -0.4 is 0 Å². The van der Waals surface area contributed by atoms with Crippen LogP contribution in [0.15, 0.2) is 85.5 Å². The molecule has 0 saturated heterocycles. The topological polar surface area (TPSA) is 35.6 Å².